The first-order chi connectivity index (χ1) is 14.4. The van der Waals surface area contributed by atoms with Crippen molar-refractivity contribution in [3.8, 4) is 5.75 Å². The van der Waals surface area contributed by atoms with Gasteiger partial charge in [-0.3, -0.25) is 14.4 Å². The fourth-order valence-corrected chi connectivity index (χ4v) is 3.38. The zero-order valence-corrected chi connectivity index (χ0v) is 17.4. The van der Waals surface area contributed by atoms with Crippen LogP contribution >= 0.6 is 0 Å². The molecular formula is C23H26N2O5. The molecule has 7 nitrogen and oxygen atoms in total. The van der Waals surface area contributed by atoms with Gasteiger partial charge >= 0.3 is 5.97 Å². The molecule has 1 saturated heterocycles. The smallest absolute Gasteiger partial charge is 0.311 e. The molecule has 1 atom stereocenters. The number of nitrogens with one attached hydrogen (secondary N) is 1. The molecule has 0 radical (unpaired) electrons. The summed E-state index contributed by atoms with van der Waals surface area (Å²) in [7, 11) is 0. The zero-order chi connectivity index (χ0) is 21.7. The largest absolute Gasteiger partial charge is 0.492 e. The lowest BCUT2D eigenvalue weighted by Crippen LogP contribution is -2.28. The van der Waals surface area contributed by atoms with Crippen LogP contribution < -0.4 is 15.0 Å². The fraction of sp³-hybridized carbons (Fsp3) is 0.348. The van der Waals surface area contributed by atoms with E-state index in [1.165, 1.54) is 4.90 Å². The first kappa shape index (κ1) is 21.4. The minimum Gasteiger partial charge on any atom is -0.492 e. The third-order valence-electron chi connectivity index (χ3n) is 5.14. The molecule has 0 aliphatic carbocycles. The van der Waals surface area contributed by atoms with Crippen LogP contribution in [0, 0.1) is 19.8 Å². The molecule has 0 unspecified atom stereocenters. The number of carbonyl (C=O) groups excluding carboxylic acids is 3. The van der Waals surface area contributed by atoms with E-state index in [9.17, 15) is 14.4 Å². The lowest BCUT2D eigenvalue weighted by atomic mass is 10.1. The van der Waals surface area contributed by atoms with E-state index in [-0.39, 0.29) is 18.9 Å². The third-order valence-corrected chi connectivity index (χ3v) is 5.14. The number of anilines is 2. The van der Waals surface area contributed by atoms with E-state index >= 15 is 0 Å². The molecule has 2 aromatic rings. The monoisotopic (exact) mass is 410 g/mol. The number of esters is 1. The highest BCUT2D eigenvalue weighted by atomic mass is 16.5. The highest BCUT2D eigenvalue weighted by molar-refractivity contribution is 6.01. The Morgan fingerprint density at radius 1 is 1.13 bits per heavy atom. The van der Waals surface area contributed by atoms with Crippen molar-refractivity contribution in [2.75, 3.05) is 30.0 Å². The number of nitrogens with zero attached hydrogens (tertiary/aromatic N) is 1. The summed E-state index contributed by atoms with van der Waals surface area (Å²) in [6.07, 6.45) is 0.0396. The van der Waals surface area contributed by atoms with Gasteiger partial charge in [-0.15, -0.1) is 0 Å². The molecule has 1 aliphatic heterocycles. The number of ether oxygens (including phenoxy) is 2. The van der Waals surface area contributed by atoms with Gasteiger partial charge in [0.2, 0.25) is 5.91 Å². The molecule has 2 aromatic carbocycles. The maximum atomic E-state index is 12.5. The molecule has 0 spiro atoms. The average molecular weight is 410 g/mol. The summed E-state index contributed by atoms with van der Waals surface area (Å²) in [6.45, 7) is 6.01. The SMILES string of the molecule is CCOc1ccccc1N1C[C@@H](C(=O)OCC(=O)Nc2cccc(C)c2C)CC1=O. The van der Waals surface area contributed by atoms with Crippen molar-refractivity contribution in [3.63, 3.8) is 0 Å². The number of para-hydroxylation sites is 2. The third kappa shape index (κ3) is 4.79. The predicted molar refractivity (Wildman–Crippen MR) is 114 cm³/mol. The summed E-state index contributed by atoms with van der Waals surface area (Å²) >= 11 is 0. The van der Waals surface area contributed by atoms with Crippen LogP contribution in [0.2, 0.25) is 0 Å². The lowest BCUT2D eigenvalue weighted by molar-refractivity contribution is -0.151. The van der Waals surface area contributed by atoms with Gasteiger partial charge in [0.1, 0.15) is 5.75 Å². The summed E-state index contributed by atoms with van der Waals surface area (Å²) in [6, 6.07) is 12.8. The molecule has 0 bridgehead atoms. The Labute approximate surface area is 176 Å². The second kappa shape index (κ2) is 9.43. The van der Waals surface area contributed by atoms with Gasteiger partial charge in [0.15, 0.2) is 6.61 Å². The molecule has 30 heavy (non-hydrogen) atoms. The van der Waals surface area contributed by atoms with Crippen molar-refractivity contribution in [1.29, 1.82) is 0 Å². The van der Waals surface area contributed by atoms with Crippen LogP contribution in [0.5, 0.6) is 5.75 Å². The first-order valence-electron chi connectivity index (χ1n) is 9.95. The van der Waals surface area contributed by atoms with E-state index in [0.29, 0.717) is 23.7 Å². The number of hydrogen-bond acceptors (Lipinski definition) is 5. The standard InChI is InChI=1S/C23H26N2O5/c1-4-29-20-11-6-5-10-19(20)25-13-17(12-22(25)27)23(28)30-14-21(26)24-18-9-7-8-15(2)16(18)3/h5-11,17H,4,12-14H2,1-3H3,(H,24,26)/t17-/m0/s1. The van der Waals surface area contributed by atoms with Crippen LogP contribution in [-0.2, 0) is 19.1 Å². The molecule has 1 N–H and O–H groups in total. The van der Waals surface area contributed by atoms with Crippen LogP contribution in [0.25, 0.3) is 0 Å². The summed E-state index contributed by atoms with van der Waals surface area (Å²) in [5, 5.41) is 2.75. The van der Waals surface area contributed by atoms with E-state index in [2.05, 4.69) is 5.32 Å². The Bertz CT molecular complexity index is 956. The molecule has 1 fully saturated rings. The highest BCUT2D eigenvalue weighted by Gasteiger charge is 2.37. The Hall–Kier alpha value is -3.35. The summed E-state index contributed by atoms with van der Waals surface area (Å²) < 4.78 is 10.8. The lowest BCUT2D eigenvalue weighted by Gasteiger charge is -2.20. The van der Waals surface area contributed by atoms with Gasteiger partial charge in [-0.05, 0) is 50.1 Å². The van der Waals surface area contributed by atoms with E-state index in [0.717, 1.165) is 11.1 Å². The molecule has 158 valence electrons. The van der Waals surface area contributed by atoms with Crippen LogP contribution in [-0.4, -0.2) is 37.5 Å². The van der Waals surface area contributed by atoms with Gasteiger partial charge in [0.05, 0.1) is 18.2 Å². The van der Waals surface area contributed by atoms with Crippen LogP contribution in [0.3, 0.4) is 0 Å². The second-order valence-electron chi connectivity index (χ2n) is 7.21. The average Bonchev–Trinajstić information content (AvgIpc) is 3.12. The maximum Gasteiger partial charge on any atom is 0.311 e. The summed E-state index contributed by atoms with van der Waals surface area (Å²) in [5.41, 5.74) is 3.34. The van der Waals surface area contributed by atoms with Gasteiger partial charge in [-0.1, -0.05) is 24.3 Å². The Morgan fingerprint density at radius 3 is 2.67 bits per heavy atom. The molecular weight excluding hydrogens is 384 g/mol. The van der Waals surface area contributed by atoms with Crippen molar-refractivity contribution >= 4 is 29.2 Å². The van der Waals surface area contributed by atoms with Crippen molar-refractivity contribution in [3.05, 3.63) is 53.6 Å². The first-order valence-corrected chi connectivity index (χ1v) is 9.95. The number of aryl methyl sites for hydroxylation is 1. The van der Waals surface area contributed by atoms with E-state index in [1.54, 1.807) is 18.2 Å². The van der Waals surface area contributed by atoms with E-state index < -0.39 is 24.4 Å². The van der Waals surface area contributed by atoms with Gasteiger partial charge in [0, 0.05) is 18.7 Å². The van der Waals surface area contributed by atoms with E-state index in [4.69, 9.17) is 9.47 Å². The van der Waals surface area contributed by atoms with Crippen molar-refractivity contribution in [2.24, 2.45) is 5.92 Å². The van der Waals surface area contributed by atoms with Gasteiger partial charge in [-0.25, -0.2) is 0 Å². The Kier molecular flexibility index (Phi) is 6.72. The predicted octanol–water partition coefficient (Wildman–Crippen LogP) is 3.24. The summed E-state index contributed by atoms with van der Waals surface area (Å²) in [5.74, 6) is -1.18. The number of amides is 2. The molecule has 1 heterocycles. The van der Waals surface area contributed by atoms with Crippen LogP contribution in [0.15, 0.2) is 42.5 Å². The highest BCUT2D eigenvalue weighted by Crippen LogP contribution is 2.33. The number of rotatable bonds is 7. The topological polar surface area (TPSA) is 84.9 Å². The van der Waals surface area contributed by atoms with Crippen molar-refractivity contribution < 1.29 is 23.9 Å². The molecule has 1 aliphatic rings. The molecule has 3 rings (SSSR count). The Morgan fingerprint density at radius 2 is 1.90 bits per heavy atom. The quantitative estimate of drug-likeness (QED) is 0.709. The van der Waals surface area contributed by atoms with Gasteiger partial charge in [0.25, 0.3) is 5.91 Å². The number of carbonyl (C=O) groups is 3. The molecule has 2 amide bonds. The molecule has 0 aromatic heterocycles. The second-order valence-corrected chi connectivity index (χ2v) is 7.21. The maximum absolute atomic E-state index is 12.5. The minimum absolute atomic E-state index is 0.0396. The number of benzene rings is 2. The molecule has 7 heteroatoms. The fourth-order valence-electron chi connectivity index (χ4n) is 3.38. The van der Waals surface area contributed by atoms with Gasteiger partial charge < -0.3 is 19.7 Å². The summed E-state index contributed by atoms with van der Waals surface area (Å²) in [4.78, 5) is 38.6. The van der Waals surface area contributed by atoms with Crippen LogP contribution in [0.4, 0.5) is 11.4 Å². The minimum atomic E-state index is -0.624. The van der Waals surface area contributed by atoms with Crippen molar-refractivity contribution in [2.45, 2.75) is 27.2 Å². The van der Waals surface area contributed by atoms with Crippen molar-refractivity contribution in [1.82, 2.24) is 0 Å². The molecule has 0 saturated carbocycles. The van der Waals surface area contributed by atoms with E-state index in [1.807, 2.05) is 45.0 Å². The van der Waals surface area contributed by atoms with Crippen LogP contribution in [0.1, 0.15) is 24.5 Å². The normalized spacial score (nSPS) is 15.8. The Balaban J connectivity index is 1.57. The van der Waals surface area contributed by atoms with Gasteiger partial charge in [-0.2, -0.15) is 0 Å². The zero-order valence-electron chi connectivity index (χ0n) is 17.4. The number of hydrogen-bond donors (Lipinski definition) is 1.